The van der Waals surface area contributed by atoms with Crippen molar-refractivity contribution in [1.82, 2.24) is 10.3 Å². The average molecular weight is 307 g/mol. The molecule has 0 radical (unpaired) electrons. The first kappa shape index (κ1) is 15.6. The normalized spacial score (nSPS) is 10.4. The summed E-state index contributed by atoms with van der Waals surface area (Å²) in [5, 5.41) is 3.86. The van der Waals surface area contributed by atoms with E-state index in [0.717, 1.165) is 24.3 Å². The van der Waals surface area contributed by atoms with Gasteiger partial charge in [-0.1, -0.05) is 30.7 Å². The largest absolute Gasteiger partial charge is 0.486 e. The summed E-state index contributed by atoms with van der Waals surface area (Å²) in [4.78, 5) is 4.29. The number of rotatable bonds is 7. The summed E-state index contributed by atoms with van der Waals surface area (Å²) >= 11 is 6.24. The predicted molar refractivity (Wildman–Crippen MR) is 84.0 cm³/mol. The summed E-state index contributed by atoms with van der Waals surface area (Å²) in [5.41, 5.74) is 1.93. The zero-order valence-corrected chi connectivity index (χ0v) is 13.0. The molecule has 0 spiro atoms. The molecule has 5 heteroatoms. The molecule has 1 aromatic heterocycles. The third kappa shape index (κ3) is 4.62. The first-order chi connectivity index (χ1) is 10.2. The van der Waals surface area contributed by atoms with Crippen LogP contribution in [0.4, 0.5) is 0 Å². The van der Waals surface area contributed by atoms with Gasteiger partial charge in [0.05, 0.1) is 17.8 Å². The number of nitrogens with zero attached hydrogens (tertiary/aromatic N) is 1. The number of methoxy groups -OCH3 is 1. The number of benzene rings is 1. The maximum atomic E-state index is 6.24. The molecule has 1 heterocycles. The average Bonchev–Trinajstić information content (AvgIpc) is 2.52. The van der Waals surface area contributed by atoms with Crippen molar-refractivity contribution in [2.45, 2.75) is 20.1 Å². The van der Waals surface area contributed by atoms with Gasteiger partial charge in [0.15, 0.2) is 0 Å². The van der Waals surface area contributed by atoms with Gasteiger partial charge in [0.25, 0.3) is 0 Å². The summed E-state index contributed by atoms with van der Waals surface area (Å²) in [6, 6.07) is 11.4. The van der Waals surface area contributed by atoms with Gasteiger partial charge in [-0.3, -0.25) is 0 Å². The van der Waals surface area contributed by atoms with Crippen LogP contribution >= 0.6 is 11.6 Å². The molecule has 0 amide bonds. The van der Waals surface area contributed by atoms with Crippen LogP contribution in [0.2, 0.25) is 5.02 Å². The minimum Gasteiger partial charge on any atom is -0.486 e. The highest BCUT2D eigenvalue weighted by Crippen LogP contribution is 2.26. The third-order valence-corrected chi connectivity index (χ3v) is 3.24. The van der Waals surface area contributed by atoms with Crippen LogP contribution in [0.25, 0.3) is 0 Å². The van der Waals surface area contributed by atoms with E-state index >= 15 is 0 Å². The Bertz CT molecular complexity index is 590. The van der Waals surface area contributed by atoms with Crippen molar-refractivity contribution in [3.8, 4) is 11.6 Å². The lowest BCUT2D eigenvalue weighted by Gasteiger charge is -2.10. The van der Waals surface area contributed by atoms with Crippen LogP contribution in [-0.4, -0.2) is 18.6 Å². The zero-order valence-electron chi connectivity index (χ0n) is 12.2. The molecule has 0 saturated carbocycles. The van der Waals surface area contributed by atoms with Gasteiger partial charge in [-0.2, -0.15) is 0 Å². The van der Waals surface area contributed by atoms with Gasteiger partial charge in [-0.25, -0.2) is 4.98 Å². The maximum absolute atomic E-state index is 6.24. The molecule has 0 aliphatic heterocycles. The van der Waals surface area contributed by atoms with E-state index in [0.29, 0.717) is 23.3 Å². The van der Waals surface area contributed by atoms with Gasteiger partial charge in [-0.15, -0.1) is 0 Å². The van der Waals surface area contributed by atoms with Crippen molar-refractivity contribution >= 4 is 11.6 Å². The Morgan fingerprint density at radius 1 is 1.24 bits per heavy atom. The van der Waals surface area contributed by atoms with Crippen LogP contribution in [0.3, 0.4) is 0 Å². The van der Waals surface area contributed by atoms with Gasteiger partial charge < -0.3 is 14.8 Å². The molecular weight excluding hydrogens is 288 g/mol. The van der Waals surface area contributed by atoms with Crippen molar-refractivity contribution in [2.24, 2.45) is 0 Å². The van der Waals surface area contributed by atoms with Crippen molar-refractivity contribution in [3.63, 3.8) is 0 Å². The first-order valence-corrected chi connectivity index (χ1v) is 7.22. The van der Waals surface area contributed by atoms with Crippen LogP contribution in [0.15, 0.2) is 36.4 Å². The van der Waals surface area contributed by atoms with E-state index < -0.39 is 0 Å². The van der Waals surface area contributed by atoms with Crippen molar-refractivity contribution < 1.29 is 9.47 Å². The Hall–Kier alpha value is -1.78. The van der Waals surface area contributed by atoms with E-state index in [-0.39, 0.29) is 0 Å². The van der Waals surface area contributed by atoms with E-state index in [1.54, 1.807) is 13.2 Å². The molecule has 4 nitrogen and oxygen atoms in total. The second kappa shape index (κ2) is 7.86. The van der Waals surface area contributed by atoms with Gasteiger partial charge in [-0.05, 0) is 30.3 Å². The smallest absolute Gasteiger partial charge is 0.213 e. The second-order valence-electron chi connectivity index (χ2n) is 4.51. The summed E-state index contributed by atoms with van der Waals surface area (Å²) in [6.07, 6.45) is 0. The van der Waals surface area contributed by atoms with Crippen LogP contribution in [-0.2, 0) is 13.2 Å². The van der Waals surface area contributed by atoms with E-state index in [1.807, 2.05) is 30.3 Å². The second-order valence-corrected chi connectivity index (χ2v) is 4.91. The van der Waals surface area contributed by atoms with Crippen LogP contribution < -0.4 is 14.8 Å². The van der Waals surface area contributed by atoms with Crippen LogP contribution in [0.5, 0.6) is 11.6 Å². The molecule has 0 fully saturated rings. The standard InChI is InChI=1S/C16H19ClN2O2/c1-3-18-10-12-7-8-15(14(17)9-12)21-11-13-5-4-6-16(19-13)20-2/h4-9,18H,3,10-11H2,1-2H3. The molecule has 0 atom stereocenters. The fourth-order valence-corrected chi connectivity index (χ4v) is 2.10. The Morgan fingerprint density at radius 2 is 2.10 bits per heavy atom. The van der Waals surface area contributed by atoms with Crippen molar-refractivity contribution in [3.05, 3.63) is 52.7 Å². The number of hydrogen-bond donors (Lipinski definition) is 1. The fraction of sp³-hybridized carbons (Fsp3) is 0.312. The molecule has 0 unspecified atom stereocenters. The number of halogens is 1. The quantitative estimate of drug-likeness (QED) is 0.851. The molecule has 1 N–H and O–H groups in total. The van der Waals surface area contributed by atoms with Gasteiger partial charge in [0.1, 0.15) is 12.4 Å². The molecule has 21 heavy (non-hydrogen) atoms. The minimum absolute atomic E-state index is 0.351. The minimum atomic E-state index is 0.351. The topological polar surface area (TPSA) is 43.4 Å². The Balaban J connectivity index is 1.99. The molecular formula is C16H19ClN2O2. The number of aromatic nitrogens is 1. The molecule has 0 bridgehead atoms. The van der Waals surface area contributed by atoms with Crippen molar-refractivity contribution in [2.75, 3.05) is 13.7 Å². The maximum Gasteiger partial charge on any atom is 0.213 e. The number of hydrogen-bond acceptors (Lipinski definition) is 4. The fourth-order valence-electron chi connectivity index (χ4n) is 1.84. The van der Waals surface area contributed by atoms with Gasteiger partial charge in [0, 0.05) is 12.6 Å². The Labute approximate surface area is 130 Å². The molecule has 0 saturated heterocycles. The lowest BCUT2D eigenvalue weighted by atomic mass is 10.2. The van der Waals surface area contributed by atoms with E-state index in [2.05, 4.69) is 17.2 Å². The lowest BCUT2D eigenvalue weighted by molar-refractivity contribution is 0.298. The predicted octanol–water partition coefficient (Wildman–Crippen LogP) is 3.43. The van der Waals surface area contributed by atoms with Crippen LogP contribution in [0.1, 0.15) is 18.2 Å². The number of pyridine rings is 1. The van der Waals surface area contributed by atoms with Gasteiger partial charge in [0.2, 0.25) is 5.88 Å². The Kier molecular flexibility index (Phi) is 5.84. The lowest BCUT2D eigenvalue weighted by Crippen LogP contribution is -2.11. The van der Waals surface area contributed by atoms with Gasteiger partial charge >= 0.3 is 0 Å². The van der Waals surface area contributed by atoms with Crippen molar-refractivity contribution in [1.29, 1.82) is 0 Å². The monoisotopic (exact) mass is 306 g/mol. The highest BCUT2D eigenvalue weighted by atomic mass is 35.5. The Morgan fingerprint density at radius 3 is 2.81 bits per heavy atom. The van der Waals surface area contributed by atoms with E-state index in [1.165, 1.54) is 0 Å². The SMILES string of the molecule is CCNCc1ccc(OCc2cccc(OC)n2)c(Cl)c1. The summed E-state index contributed by atoms with van der Waals surface area (Å²) < 4.78 is 10.8. The third-order valence-electron chi connectivity index (χ3n) is 2.94. The summed E-state index contributed by atoms with van der Waals surface area (Å²) in [7, 11) is 1.59. The number of nitrogens with one attached hydrogen (secondary N) is 1. The number of ether oxygens (including phenoxy) is 2. The molecule has 0 aliphatic carbocycles. The molecule has 1 aromatic carbocycles. The first-order valence-electron chi connectivity index (χ1n) is 6.84. The van der Waals surface area contributed by atoms with E-state index in [9.17, 15) is 0 Å². The molecule has 2 rings (SSSR count). The molecule has 112 valence electrons. The molecule has 2 aromatic rings. The van der Waals surface area contributed by atoms with Crippen LogP contribution in [0, 0.1) is 0 Å². The molecule has 0 aliphatic rings. The highest BCUT2D eigenvalue weighted by Gasteiger charge is 2.05. The summed E-state index contributed by atoms with van der Waals surface area (Å²) in [6.45, 7) is 4.15. The zero-order chi connectivity index (χ0) is 15.1. The summed E-state index contributed by atoms with van der Waals surface area (Å²) in [5.74, 6) is 1.23. The van der Waals surface area contributed by atoms with E-state index in [4.69, 9.17) is 21.1 Å². The highest BCUT2D eigenvalue weighted by molar-refractivity contribution is 6.32.